The largest absolute Gasteiger partial charge is 0.409 e. The van der Waals surface area contributed by atoms with Crippen LogP contribution in [-0.2, 0) is 0 Å². The first kappa shape index (κ1) is 7.27. The molecule has 0 fully saturated rings. The lowest BCUT2D eigenvalue weighted by Gasteiger charge is -1.99. The third kappa shape index (κ3) is 3.46. The molecule has 0 aromatic rings. The van der Waals surface area contributed by atoms with E-state index in [1.807, 2.05) is 13.8 Å². The van der Waals surface area contributed by atoms with Gasteiger partial charge in [0.05, 0.1) is 0 Å². The third-order valence-corrected chi connectivity index (χ3v) is 0.746. The molecule has 0 amide bonds. The highest BCUT2D eigenvalue weighted by molar-refractivity contribution is 5.79. The Morgan fingerprint density at radius 3 is 2.38 bits per heavy atom. The van der Waals surface area contributed by atoms with Gasteiger partial charge in [-0.2, -0.15) is 0 Å². The average Bonchev–Trinajstić information content (AvgIpc) is 1.65. The van der Waals surface area contributed by atoms with E-state index in [9.17, 15) is 0 Å². The van der Waals surface area contributed by atoms with Crippen molar-refractivity contribution in [2.75, 3.05) is 0 Å². The second-order valence-corrected chi connectivity index (χ2v) is 2.19. The Kier molecular flexibility index (Phi) is 2.99. The van der Waals surface area contributed by atoms with Gasteiger partial charge in [0.2, 0.25) is 0 Å². The Bertz CT molecular complexity index is 88.4. The van der Waals surface area contributed by atoms with E-state index in [0.717, 1.165) is 0 Å². The molecule has 0 rings (SSSR count). The quantitative estimate of drug-likeness (QED) is 0.242. The molecule has 0 unspecified atom stereocenters. The van der Waals surface area contributed by atoms with Gasteiger partial charge in [-0.15, -0.1) is 0 Å². The fraction of sp³-hybridized carbons (Fsp3) is 0.800. The van der Waals surface area contributed by atoms with E-state index < -0.39 is 0 Å². The van der Waals surface area contributed by atoms with Crippen LogP contribution in [0.4, 0.5) is 0 Å². The van der Waals surface area contributed by atoms with E-state index in [4.69, 9.17) is 10.9 Å². The Labute approximate surface area is 49.2 Å². The first-order chi connectivity index (χ1) is 3.66. The van der Waals surface area contributed by atoms with Crippen LogP contribution >= 0.6 is 0 Å². The van der Waals surface area contributed by atoms with Crippen molar-refractivity contribution in [2.45, 2.75) is 20.3 Å². The minimum Gasteiger partial charge on any atom is -0.409 e. The first-order valence-corrected chi connectivity index (χ1v) is 2.63. The predicted octanol–water partition coefficient (Wildman–Crippen LogP) is 0.779. The summed E-state index contributed by atoms with van der Waals surface area (Å²) in [4.78, 5) is 0. The van der Waals surface area contributed by atoms with Crippen molar-refractivity contribution in [3.63, 3.8) is 0 Å². The van der Waals surface area contributed by atoms with Crippen molar-refractivity contribution in [1.82, 2.24) is 0 Å². The molecule has 0 heterocycles. The predicted molar refractivity (Wildman–Crippen MR) is 32.9 cm³/mol. The number of amidine groups is 1. The second-order valence-electron chi connectivity index (χ2n) is 2.19. The molecule has 3 heteroatoms. The molecule has 3 nitrogen and oxygen atoms in total. The summed E-state index contributed by atoms with van der Waals surface area (Å²) in [7, 11) is 0. The summed E-state index contributed by atoms with van der Waals surface area (Å²) in [5, 5.41) is 10.9. The molecule has 0 spiro atoms. The lowest BCUT2D eigenvalue weighted by molar-refractivity contribution is 0.316. The van der Waals surface area contributed by atoms with Gasteiger partial charge in [0.25, 0.3) is 0 Å². The van der Waals surface area contributed by atoms with Crippen molar-refractivity contribution in [1.29, 1.82) is 0 Å². The van der Waals surface area contributed by atoms with Crippen molar-refractivity contribution in [3.8, 4) is 0 Å². The van der Waals surface area contributed by atoms with Crippen LogP contribution in [0.5, 0.6) is 0 Å². The summed E-state index contributed by atoms with van der Waals surface area (Å²) >= 11 is 0. The van der Waals surface area contributed by atoms with Gasteiger partial charge >= 0.3 is 0 Å². The monoisotopic (exact) mass is 116 g/mol. The van der Waals surface area contributed by atoms with Gasteiger partial charge in [0, 0.05) is 6.42 Å². The van der Waals surface area contributed by atoms with Crippen LogP contribution in [0.1, 0.15) is 20.3 Å². The average molecular weight is 116 g/mol. The molecule has 0 atom stereocenters. The minimum atomic E-state index is 0.306. The van der Waals surface area contributed by atoms with E-state index in [0.29, 0.717) is 18.2 Å². The minimum absolute atomic E-state index is 0.306. The zero-order valence-electron chi connectivity index (χ0n) is 5.26. The number of hydrogen-bond donors (Lipinski definition) is 2. The Hall–Kier alpha value is -0.730. The summed E-state index contributed by atoms with van der Waals surface area (Å²) in [6, 6.07) is 0. The summed E-state index contributed by atoms with van der Waals surface area (Å²) in [6.45, 7) is 4.02. The van der Waals surface area contributed by atoms with Crippen molar-refractivity contribution in [3.05, 3.63) is 0 Å². The molecule has 0 saturated carbocycles. The molecule has 0 radical (unpaired) electrons. The topological polar surface area (TPSA) is 58.6 Å². The number of oxime groups is 1. The van der Waals surface area contributed by atoms with Crippen LogP contribution in [0.25, 0.3) is 0 Å². The van der Waals surface area contributed by atoms with Crippen LogP contribution < -0.4 is 5.73 Å². The maximum absolute atomic E-state index is 8.05. The van der Waals surface area contributed by atoms with Crippen molar-refractivity contribution >= 4 is 5.84 Å². The standard InChI is InChI=1S/C5H12N2O/c1-4(2)3-5(6)7-8/h4,8H,3H2,1-2H3,(H2,6,7). The zero-order valence-corrected chi connectivity index (χ0v) is 5.26. The fourth-order valence-corrected chi connectivity index (χ4v) is 0.459. The van der Waals surface area contributed by atoms with Crippen LogP contribution in [-0.4, -0.2) is 11.0 Å². The Morgan fingerprint density at radius 1 is 1.75 bits per heavy atom. The fourth-order valence-electron chi connectivity index (χ4n) is 0.459. The van der Waals surface area contributed by atoms with Gasteiger partial charge in [0.1, 0.15) is 5.84 Å². The molecule has 8 heavy (non-hydrogen) atoms. The van der Waals surface area contributed by atoms with Crippen LogP contribution in [0, 0.1) is 5.92 Å². The lowest BCUT2D eigenvalue weighted by Crippen LogP contribution is -2.13. The van der Waals surface area contributed by atoms with Gasteiger partial charge in [0.15, 0.2) is 0 Å². The first-order valence-electron chi connectivity index (χ1n) is 2.63. The van der Waals surface area contributed by atoms with E-state index >= 15 is 0 Å². The normalized spacial score (nSPS) is 12.6. The molecule has 0 aliphatic rings. The molecule has 0 aromatic carbocycles. The highest BCUT2D eigenvalue weighted by Gasteiger charge is 1.95. The molecule has 3 N–H and O–H groups in total. The van der Waals surface area contributed by atoms with Crippen molar-refractivity contribution < 1.29 is 5.21 Å². The highest BCUT2D eigenvalue weighted by atomic mass is 16.4. The number of rotatable bonds is 2. The molecule has 0 saturated heterocycles. The summed E-state index contributed by atoms with van der Waals surface area (Å²) in [5.74, 6) is 0.769. The van der Waals surface area contributed by atoms with Gasteiger partial charge in [-0.05, 0) is 5.92 Å². The van der Waals surface area contributed by atoms with E-state index in [1.165, 1.54) is 0 Å². The molecule has 0 aliphatic heterocycles. The maximum atomic E-state index is 8.05. The van der Waals surface area contributed by atoms with E-state index in [2.05, 4.69) is 5.16 Å². The van der Waals surface area contributed by atoms with Gasteiger partial charge in [-0.3, -0.25) is 0 Å². The zero-order chi connectivity index (χ0) is 6.57. The summed E-state index contributed by atoms with van der Waals surface area (Å²) in [6.07, 6.45) is 0.663. The van der Waals surface area contributed by atoms with Crippen LogP contribution in [0.15, 0.2) is 5.16 Å². The Morgan fingerprint density at radius 2 is 2.25 bits per heavy atom. The number of hydrogen-bond acceptors (Lipinski definition) is 2. The van der Waals surface area contributed by atoms with Crippen LogP contribution in [0.2, 0.25) is 0 Å². The molecule has 0 bridgehead atoms. The molecule has 0 aromatic heterocycles. The summed E-state index contributed by atoms with van der Waals surface area (Å²) < 4.78 is 0. The Balaban J connectivity index is 3.39. The molecular formula is C5H12N2O. The SMILES string of the molecule is CC(C)C/C(N)=N/O. The van der Waals surface area contributed by atoms with E-state index in [1.54, 1.807) is 0 Å². The van der Waals surface area contributed by atoms with Gasteiger partial charge in [-0.1, -0.05) is 19.0 Å². The third-order valence-electron chi connectivity index (χ3n) is 0.746. The highest BCUT2D eigenvalue weighted by Crippen LogP contribution is 1.96. The number of nitrogens with zero attached hydrogens (tertiary/aromatic N) is 1. The van der Waals surface area contributed by atoms with Gasteiger partial charge < -0.3 is 10.9 Å². The van der Waals surface area contributed by atoms with E-state index in [-0.39, 0.29) is 0 Å². The van der Waals surface area contributed by atoms with Gasteiger partial charge in [-0.25, -0.2) is 0 Å². The second kappa shape index (κ2) is 3.29. The maximum Gasteiger partial charge on any atom is 0.139 e. The van der Waals surface area contributed by atoms with Crippen LogP contribution in [0.3, 0.4) is 0 Å². The smallest absolute Gasteiger partial charge is 0.139 e. The molecule has 0 aliphatic carbocycles. The molecular weight excluding hydrogens is 104 g/mol. The summed E-state index contributed by atoms with van der Waals surface area (Å²) in [5.41, 5.74) is 5.17. The molecule has 48 valence electrons. The lowest BCUT2D eigenvalue weighted by atomic mass is 10.1. The van der Waals surface area contributed by atoms with Crippen molar-refractivity contribution in [2.24, 2.45) is 16.8 Å². The number of nitrogens with two attached hydrogens (primary N) is 1.